The van der Waals surface area contributed by atoms with E-state index in [1.807, 2.05) is 0 Å². The maximum atomic E-state index is 14.6. The monoisotopic (exact) mass is 541 g/mol. The molecule has 3 heterocycles. The minimum absolute atomic E-state index is 0.0884. The number of likely N-dealkylation sites (N-methyl/N-ethyl adjacent to an activating group) is 1. The quantitative estimate of drug-likeness (QED) is 0.290. The van der Waals surface area contributed by atoms with E-state index in [2.05, 4.69) is 15.0 Å². The molecule has 196 valence electrons. The molecule has 0 saturated carbocycles. The summed E-state index contributed by atoms with van der Waals surface area (Å²) in [5.74, 6) is -1.68. The lowest BCUT2D eigenvalue weighted by Gasteiger charge is -2.20. The third-order valence-electron chi connectivity index (χ3n) is 5.38. The number of nitrogen functional groups attached to an aromatic ring is 1. The Morgan fingerprint density at radius 2 is 1.87 bits per heavy atom. The summed E-state index contributed by atoms with van der Waals surface area (Å²) in [6.07, 6.45) is 1.02. The van der Waals surface area contributed by atoms with E-state index in [-0.39, 0.29) is 53.5 Å². The van der Waals surface area contributed by atoms with Gasteiger partial charge in [0.1, 0.15) is 19.0 Å². The molecule has 0 saturated heterocycles. The van der Waals surface area contributed by atoms with Crippen LogP contribution in [0.4, 0.5) is 20.3 Å². The van der Waals surface area contributed by atoms with Gasteiger partial charge in [0.05, 0.1) is 24.1 Å². The van der Waals surface area contributed by atoms with Crippen LogP contribution < -0.4 is 20.1 Å². The number of carboxylic acids is 1. The molecule has 9 nitrogen and oxygen atoms in total. The van der Waals surface area contributed by atoms with Gasteiger partial charge in [0, 0.05) is 35.3 Å². The van der Waals surface area contributed by atoms with Crippen LogP contribution in [-0.4, -0.2) is 46.2 Å². The summed E-state index contributed by atoms with van der Waals surface area (Å²) >= 11 is 5.77. The SMILES string of the molecule is CN(CCOc1cc(-c2cccc(OCc3ccc(Cl)cc3F)n2)c(F)cn1)c1nc(C(=O)O)ccc1N. The van der Waals surface area contributed by atoms with Crippen molar-refractivity contribution in [2.24, 2.45) is 0 Å². The number of aromatic nitrogens is 3. The predicted octanol–water partition coefficient (Wildman–Crippen LogP) is 4.84. The fourth-order valence-electron chi connectivity index (χ4n) is 3.41. The van der Waals surface area contributed by atoms with E-state index in [0.29, 0.717) is 17.1 Å². The summed E-state index contributed by atoms with van der Waals surface area (Å²) in [6, 6.07) is 13.2. The van der Waals surface area contributed by atoms with Crippen molar-refractivity contribution in [3.63, 3.8) is 0 Å². The van der Waals surface area contributed by atoms with Gasteiger partial charge in [-0.25, -0.2) is 28.5 Å². The number of hydrogen-bond acceptors (Lipinski definition) is 8. The van der Waals surface area contributed by atoms with Crippen LogP contribution in [0.25, 0.3) is 11.3 Å². The lowest BCUT2D eigenvalue weighted by Crippen LogP contribution is -2.26. The molecular weight excluding hydrogens is 520 g/mol. The molecule has 38 heavy (non-hydrogen) atoms. The van der Waals surface area contributed by atoms with Gasteiger partial charge in [0.2, 0.25) is 11.8 Å². The zero-order chi connectivity index (χ0) is 27.2. The minimum atomic E-state index is -1.17. The van der Waals surface area contributed by atoms with Crippen molar-refractivity contribution >= 4 is 29.1 Å². The molecule has 0 amide bonds. The van der Waals surface area contributed by atoms with Gasteiger partial charge >= 0.3 is 5.97 Å². The lowest BCUT2D eigenvalue weighted by atomic mass is 10.1. The molecule has 4 aromatic rings. The Kier molecular flexibility index (Phi) is 8.17. The fraction of sp³-hybridized carbons (Fsp3) is 0.154. The summed E-state index contributed by atoms with van der Waals surface area (Å²) in [7, 11) is 1.68. The van der Waals surface area contributed by atoms with E-state index in [9.17, 15) is 13.6 Å². The van der Waals surface area contributed by atoms with E-state index < -0.39 is 17.6 Å². The Bertz CT molecular complexity index is 1470. The smallest absolute Gasteiger partial charge is 0.354 e. The fourth-order valence-corrected chi connectivity index (χ4v) is 3.57. The van der Waals surface area contributed by atoms with Crippen molar-refractivity contribution in [3.8, 4) is 23.0 Å². The number of pyridine rings is 3. The summed E-state index contributed by atoms with van der Waals surface area (Å²) in [5, 5.41) is 9.43. The molecule has 0 fully saturated rings. The summed E-state index contributed by atoms with van der Waals surface area (Å²) in [5.41, 5.74) is 6.79. The zero-order valence-corrected chi connectivity index (χ0v) is 20.8. The third kappa shape index (κ3) is 6.43. The van der Waals surface area contributed by atoms with Crippen LogP contribution >= 0.6 is 11.6 Å². The van der Waals surface area contributed by atoms with E-state index in [1.54, 1.807) is 36.2 Å². The third-order valence-corrected chi connectivity index (χ3v) is 5.62. The van der Waals surface area contributed by atoms with E-state index in [4.69, 9.17) is 31.9 Å². The normalized spacial score (nSPS) is 10.7. The van der Waals surface area contributed by atoms with Gasteiger partial charge in [-0.1, -0.05) is 23.7 Å². The van der Waals surface area contributed by atoms with Crippen molar-refractivity contribution in [3.05, 3.63) is 88.7 Å². The number of aromatic carboxylic acids is 1. The number of hydrogen-bond donors (Lipinski definition) is 2. The first-order chi connectivity index (χ1) is 18.2. The largest absolute Gasteiger partial charge is 0.477 e. The maximum Gasteiger partial charge on any atom is 0.354 e. The van der Waals surface area contributed by atoms with Crippen LogP contribution in [0, 0.1) is 11.6 Å². The molecule has 4 rings (SSSR count). The Hall–Kier alpha value is -4.51. The summed E-state index contributed by atoms with van der Waals surface area (Å²) in [4.78, 5) is 25.2. The first-order valence-corrected chi connectivity index (χ1v) is 11.6. The molecule has 0 aliphatic heterocycles. The number of nitrogens with two attached hydrogens (primary N) is 1. The number of halogens is 3. The van der Waals surface area contributed by atoms with Crippen LogP contribution in [0.3, 0.4) is 0 Å². The number of carboxylic acid groups (broad SMARTS) is 1. The highest BCUT2D eigenvalue weighted by molar-refractivity contribution is 6.30. The number of benzene rings is 1. The molecule has 0 aliphatic carbocycles. The number of nitrogens with zero attached hydrogens (tertiary/aromatic N) is 4. The molecule has 0 atom stereocenters. The Morgan fingerprint density at radius 1 is 1.05 bits per heavy atom. The van der Waals surface area contributed by atoms with Gasteiger partial charge in [0.15, 0.2) is 17.3 Å². The molecular formula is C26H22ClF2N5O4. The zero-order valence-electron chi connectivity index (χ0n) is 20.1. The highest BCUT2D eigenvalue weighted by Gasteiger charge is 2.14. The first kappa shape index (κ1) is 26.6. The molecule has 3 N–H and O–H groups in total. The molecule has 0 bridgehead atoms. The Balaban J connectivity index is 1.42. The maximum absolute atomic E-state index is 14.6. The van der Waals surface area contributed by atoms with Crippen molar-refractivity contribution in [2.45, 2.75) is 6.61 Å². The molecule has 12 heteroatoms. The van der Waals surface area contributed by atoms with Gasteiger partial charge in [-0.15, -0.1) is 0 Å². The molecule has 3 aromatic heterocycles. The number of rotatable bonds is 10. The highest BCUT2D eigenvalue weighted by atomic mass is 35.5. The predicted molar refractivity (Wildman–Crippen MR) is 138 cm³/mol. The van der Waals surface area contributed by atoms with Crippen molar-refractivity contribution in [1.82, 2.24) is 15.0 Å². The average Bonchev–Trinajstić information content (AvgIpc) is 2.89. The van der Waals surface area contributed by atoms with Crippen LogP contribution in [-0.2, 0) is 6.61 Å². The topological polar surface area (TPSA) is 124 Å². The highest BCUT2D eigenvalue weighted by Crippen LogP contribution is 2.26. The summed E-state index contributed by atoms with van der Waals surface area (Å²) in [6.45, 7) is 0.322. The van der Waals surface area contributed by atoms with E-state index in [0.717, 1.165) is 6.20 Å². The van der Waals surface area contributed by atoms with Gasteiger partial charge in [-0.05, 0) is 30.3 Å². The van der Waals surface area contributed by atoms with Gasteiger partial charge in [-0.3, -0.25) is 0 Å². The lowest BCUT2D eigenvalue weighted by molar-refractivity contribution is 0.0690. The molecule has 1 aromatic carbocycles. The minimum Gasteiger partial charge on any atom is -0.477 e. The van der Waals surface area contributed by atoms with E-state index in [1.165, 1.54) is 30.3 Å². The van der Waals surface area contributed by atoms with Crippen molar-refractivity contribution < 1.29 is 28.2 Å². The van der Waals surface area contributed by atoms with Crippen molar-refractivity contribution in [1.29, 1.82) is 0 Å². The summed E-state index contributed by atoms with van der Waals surface area (Å²) < 4.78 is 39.9. The standard InChI is InChI=1S/C26H22ClF2N5O4/c1-34(25-20(30)7-8-22(33-25)26(35)36)9-10-37-24-12-17(19(29)13-31-24)21-3-2-4-23(32-21)38-14-15-5-6-16(27)11-18(15)28/h2-8,11-13H,9-10,14,30H2,1H3,(H,35,36). The molecule has 0 radical (unpaired) electrons. The van der Waals surface area contributed by atoms with Crippen LogP contribution in [0.5, 0.6) is 11.8 Å². The second-order valence-electron chi connectivity index (χ2n) is 8.07. The van der Waals surface area contributed by atoms with Gasteiger partial charge in [-0.2, -0.15) is 0 Å². The average molecular weight is 542 g/mol. The number of carbonyl (C=O) groups is 1. The molecule has 0 spiro atoms. The number of anilines is 2. The first-order valence-electron chi connectivity index (χ1n) is 11.2. The second kappa shape index (κ2) is 11.7. The van der Waals surface area contributed by atoms with Crippen LogP contribution in [0.1, 0.15) is 16.1 Å². The number of ether oxygens (including phenoxy) is 2. The van der Waals surface area contributed by atoms with Crippen LogP contribution in [0.15, 0.2) is 60.8 Å². The molecule has 0 unspecified atom stereocenters. The second-order valence-corrected chi connectivity index (χ2v) is 8.51. The van der Waals surface area contributed by atoms with Gasteiger partial charge < -0.3 is 25.2 Å². The molecule has 0 aliphatic rings. The van der Waals surface area contributed by atoms with Crippen molar-refractivity contribution in [2.75, 3.05) is 30.8 Å². The Labute approximate surface area is 221 Å². The van der Waals surface area contributed by atoms with E-state index >= 15 is 0 Å². The van der Waals surface area contributed by atoms with Crippen LogP contribution in [0.2, 0.25) is 5.02 Å². The van der Waals surface area contributed by atoms with Gasteiger partial charge in [0.25, 0.3) is 0 Å². The Morgan fingerprint density at radius 3 is 2.63 bits per heavy atom.